The number of rotatable bonds is 2. The Kier molecular flexibility index (Phi) is 4.28. The fourth-order valence-electron chi connectivity index (χ4n) is 2.86. The van der Waals surface area contributed by atoms with Gasteiger partial charge in [-0.1, -0.05) is 19.8 Å². The topological polar surface area (TPSA) is 46.2 Å². The van der Waals surface area contributed by atoms with Gasteiger partial charge in [-0.2, -0.15) is 13.2 Å². The molecule has 1 unspecified atom stereocenters. The van der Waals surface area contributed by atoms with Crippen LogP contribution in [-0.2, 0) is 6.18 Å². The second kappa shape index (κ2) is 5.64. The molecule has 0 spiro atoms. The molecule has 20 heavy (non-hydrogen) atoms. The van der Waals surface area contributed by atoms with Crippen LogP contribution in [0.3, 0.4) is 0 Å². The number of aliphatic hydroxyl groups excluding tert-OH is 1. The van der Waals surface area contributed by atoms with Crippen molar-refractivity contribution in [3.63, 3.8) is 0 Å². The Bertz CT molecular complexity index is 465. The Balaban J connectivity index is 2.22. The highest BCUT2D eigenvalue weighted by Crippen LogP contribution is 2.40. The van der Waals surface area contributed by atoms with E-state index in [2.05, 4.69) is 6.92 Å². The van der Waals surface area contributed by atoms with Crippen LogP contribution in [0.4, 0.5) is 18.9 Å². The lowest BCUT2D eigenvalue weighted by atomic mass is 9.78. The van der Waals surface area contributed by atoms with Crippen LogP contribution in [0.25, 0.3) is 0 Å². The molecule has 0 amide bonds. The largest absolute Gasteiger partial charge is 0.416 e. The molecule has 1 aromatic carbocycles. The van der Waals surface area contributed by atoms with Gasteiger partial charge in [-0.3, -0.25) is 0 Å². The van der Waals surface area contributed by atoms with Crippen LogP contribution in [0.15, 0.2) is 18.2 Å². The van der Waals surface area contributed by atoms with Gasteiger partial charge in [0, 0.05) is 11.3 Å². The predicted molar refractivity (Wildman–Crippen MR) is 71.9 cm³/mol. The first-order valence-corrected chi connectivity index (χ1v) is 6.93. The molecule has 0 aromatic heterocycles. The quantitative estimate of drug-likeness (QED) is 0.803. The molecule has 112 valence electrons. The van der Waals surface area contributed by atoms with E-state index in [9.17, 15) is 18.3 Å². The molecule has 0 heterocycles. The third-order valence-electron chi connectivity index (χ3n) is 4.24. The minimum absolute atomic E-state index is 0.00279. The number of hydrogen-bond acceptors (Lipinski definition) is 2. The number of aliphatic hydroxyl groups is 1. The zero-order valence-electron chi connectivity index (χ0n) is 11.5. The van der Waals surface area contributed by atoms with E-state index in [0.29, 0.717) is 5.92 Å². The lowest BCUT2D eigenvalue weighted by Gasteiger charge is -2.30. The van der Waals surface area contributed by atoms with E-state index in [1.165, 1.54) is 6.07 Å². The van der Waals surface area contributed by atoms with Crippen LogP contribution < -0.4 is 5.73 Å². The van der Waals surface area contributed by atoms with Crippen molar-refractivity contribution in [2.75, 3.05) is 5.73 Å². The van der Waals surface area contributed by atoms with Gasteiger partial charge in [0.2, 0.25) is 0 Å². The van der Waals surface area contributed by atoms with Crippen molar-refractivity contribution in [3.05, 3.63) is 29.3 Å². The van der Waals surface area contributed by atoms with E-state index >= 15 is 0 Å². The van der Waals surface area contributed by atoms with Crippen LogP contribution >= 0.6 is 0 Å². The predicted octanol–water partition coefficient (Wildman–Crippen LogP) is 4.15. The molecular weight excluding hydrogens is 267 g/mol. The molecule has 1 aliphatic rings. The molecular formula is C15H20F3NO. The van der Waals surface area contributed by atoms with E-state index < -0.39 is 17.8 Å². The summed E-state index contributed by atoms with van der Waals surface area (Å²) in [5, 5.41) is 10.4. The maximum absolute atomic E-state index is 12.7. The minimum Gasteiger partial charge on any atom is -0.398 e. The summed E-state index contributed by atoms with van der Waals surface area (Å²) in [6, 6.07) is 3.17. The summed E-state index contributed by atoms with van der Waals surface area (Å²) in [7, 11) is 0. The average Bonchev–Trinajstić information content (AvgIpc) is 2.38. The van der Waals surface area contributed by atoms with E-state index in [4.69, 9.17) is 5.73 Å². The minimum atomic E-state index is -4.41. The zero-order valence-corrected chi connectivity index (χ0v) is 11.5. The zero-order chi connectivity index (χ0) is 14.9. The molecule has 2 rings (SSSR count). The fourth-order valence-corrected chi connectivity index (χ4v) is 2.86. The summed E-state index contributed by atoms with van der Waals surface area (Å²) < 4.78 is 38.2. The highest BCUT2D eigenvalue weighted by atomic mass is 19.4. The smallest absolute Gasteiger partial charge is 0.398 e. The third-order valence-corrected chi connectivity index (χ3v) is 4.24. The van der Waals surface area contributed by atoms with Gasteiger partial charge in [-0.15, -0.1) is 0 Å². The second-order valence-corrected chi connectivity index (χ2v) is 5.81. The van der Waals surface area contributed by atoms with Crippen molar-refractivity contribution in [1.82, 2.24) is 0 Å². The number of nitrogen functional groups attached to an aromatic ring is 1. The van der Waals surface area contributed by atoms with Crippen molar-refractivity contribution in [2.24, 2.45) is 11.8 Å². The molecule has 1 fully saturated rings. The summed E-state index contributed by atoms with van der Waals surface area (Å²) in [4.78, 5) is 0. The van der Waals surface area contributed by atoms with E-state index in [-0.39, 0.29) is 17.2 Å². The second-order valence-electron chi connectivity index (χ2n) is 5.81. The Labute approximate surface area is 116 Å². The van der Waals surface area contributed by atoms with Gasteiger partial charge in [-0.05, 0) is 42.9 Å². The molecule has 1 aromatic rings. The summed E-state index contributed by atoms with van der Waals surface area (Å²) in [5.74, 6) is 0.620. The number of anilines is 1. The number of benzene rings is 1. The molecule has 1 aliphatic carbocycles. The van der Waals surface area contributed by atoms with E-state index in [1.807, 2.05) is 0 Å². The number of hydrogen-bond donors (Lipinski definition) is 2. The molecule has 0 saturated heterocycles. The first-order valence-electron chi connectivity index (χ1n) is 6.93. The van der Waals surface area contributed by atoms with Gasteiger partial charge in [0.15, 0.2) is 0 Å². The summed E-state index contributed by atoms with van der Waals surface area (Å²) >= 11 is 0. The maximum atomic E-state index is 12.7. The van der Waals surface area contributed by atoms with Crippen LogP contribution in [0, 0.1) is 11.8 Å². The summed E-state index contributed by atoms with van der Waals surface area (Å²) in [6.07, 6.45) is -1.66. The lowest BCUT2D eigenvalue weighted by molar-refractivity contribution is -0.137. The van der Waals surface area contributed by atoms with Crippen molar-refractivity contribution < 1.29 is 18.3 Å². The van der Waals surface area contributed by atoms with E-state index in [0.717, 1.165) is 37.8 Å². The Hall–Kier alpha value is -1.23. The monoisotopic (exact) mass is 287 g/mol. The van der Waals surface area contributed by atoms with Crippen molar-refractivity contribution >= 4 is 5.69 Å². The summed E-state index contributed by atoms with van der Waals surface area (Å²) in [5.41, 5.74) is 5.41. The summed E-state index contributed by atoms with van der Waals surface area (Å²) in [6.45, 7) is 2.15. The van der Waals surface area contributed by atoms with Crippen molar-refractivity contribution in [3.8, 4) is 0 Å². The van der Waals surface area contributed by atoms with Gasteiger partial charge in [0.25, 0.3) is 0 Å². The number of nitrogens with two attached hydrogens (primary N) is 1. The van der Waals surface area contributed by atoms with Gasteiger partial charge in [0.05, 0.1) is 11.7 Å². The van der Waals surface area contributed by atoms with E-state index in [1.54, 1.807) is 0 Å². The van der Waals surface area contributed by atoms with Crippen molar-refractivity contribution in [1.29, 1.82) is 0 Å². The molecule has 3 N–H and O–H groups in total. The SMILES string of the molecule is CC1CCC(C(O)c2cc(C(F)(F)F)ccc2N)CC1. The van der Waals surface area contributed by atoms with Crippen LogP contribution in [0.2, 0.25) is 0 Å². The first kappa shape index (κ1) is 15.2. The Morgan fingerprint density at radius 2 is 1.80 bits per heavy atom. The van der Waals surface area contributed by atoms with Crippen molar-refractivity contribution in [2.45, 2.75) is 44.9 Å². The number of halogens is 3. The standard InChI is InChI=1S/C15H20F3NO/c1-9-2-4-10(5-3-9)14(20)12-8-11(15(16,17)18)6-7-13(12)19/h6-10,14,20H,2-5,19H2,1H3. The molecule has 0 bridgehead atoms. The highest BCUT2D eigenvalue weighted by Gasteiger charge is 2.33. The Morgan fingerprint density at radius 3 is 2.35 bits per heavy atom. The number of alkyl halides is 3. The molecule has 0 radical (unpaired) electrons. The first-order chi connectivity index (χ1) is 9.29. The molecule has 5 heteroatoms. The van der Waals surface area contributed by atoms with Crippen LogP contribution in [-0.4, -0.2) is 5.11 Å². The molecule has 1 atom stereocenters. The van der Waals surface area contributed by atoms with Gasteiger partial charge < -0.3 is 10.8 Å². The third kappa shape index (κ3) is 3.26. The van der Waals surface area contributed by atoms with Crippen LogP contribution in [0.5, 0.6) is 0 Å². The maximum Gasteiger partial charge on any atom is 0.416 e. The Morgan fingerprint density at radius 1 is 1.20 bits per heavy atom. The highest BCUT2D eigenvalue weighted by molar-refractivity contribution is 5.50. The normalized spacial score (nSPS) is 25.4. The molecule has 1 saturated carbocycles. The van der Waals surface area contributed by atoms with Gasteiger partial charge >= 0.3 is 6.18 Å². The van der Waals surface area contributed by atoms with Gasteiger partial charge in [0.1, 0.15) is 0 Å². The van der Waals surface area contributed by atoms with Gasteiger partial charge in [-0.25, -0.2) is 0 Å². The average molecular weight is 287 g/mol. The lowest BCUT2D eigenvalue weighted by Crippen LogP contribution is -2.20. The fraction of sp³-hybridized carbons (Fsp3) is 0.600. The van der Waals surface area contributed by atoms with Crippen LogP contribution in [0.1, 0.15) is 49.8 Å². The molecule has 2 nitrogen and oxygen atoms in total. The molecule has 0 aliphatic heterocycles.